The fraction of sp³-hybridized carbons (Fsp3) is 0.643. The van der Waals surface area contributed by atoms with Gasteiger partial charge < -0.3 is 10.2 Å². The highest BCUT2D eigenvalue weighted by Gasteiger charge is 2.33. The minimum absolute atomic E-state index is 0.0123. The molecule has 1 aromatic heterocycles. The van der Waals surface area contributed by atoms with Gasteiger partial charge in [0.1, 0.15) is 5.82 Å². The normalized spacial score (nSPS) is 14.5. The van der Waals surface area contributed by atoms with Crippen LogP contribution in [0.2, 0.25) is 0 Å². The lowest BCUT2D eigenvalue weighted by Gasteiger charge is -2.22. The quantitative estimate of drug-likeness (QED) is 0.853. The van der Waals surface area contributed by atoms with Gasteiger partial charge in [-0.25, -0.2) is 0 Å². The Kier molecular flexibility index (Phi) is 4.35. The van der Waals surface area contributed by atoms with Crippen LogP contribution in [0.4, 0.5) is 5.82 Å². The number of aromatic nitrogens is 2. The molecule has 0 spiro atoms. The summed E-state index contributed by atoms with van der Waals surface area (Å²) in [6.45, 7) is 5.17. The molecule has 0 radical (unpaired) electrons. The topological polar surface area (TPSA) is 58.1 Å². The zero-order valence-corrected chi connectivity index (χ0v) is 11.9. The van der Waals surface area contributed by atoms with Crippen molar-refractivity contribution in [3.05, 3.63) is 17.8 Å². The summed E-state index contributed by atoms with van der Waals surface area (Å²) in [6, 6.07) is 3.94. The molecule has 5 nitrogen and oxygen atoms in total. The highest BCUT2D eigenvalue weighted by atomic mass is 16.2. The van der Waals surface area contributed by atoms with Gasteiger partial charge in [0.05, 0.1) is 0 Å². The third-order valence-electron chi connectivity index (χ3n) is 3.34. The van der Waals surface area contributed by atoms with Crippen molar-refractivity contribution in [2.24, 2.45) is 5.92 Å². The van der Waals surface area contributed by atoms with Crippen LogP contribution in [-0.2, 0) is 0 Å². The number of nitrogens with one attached hydrogen (secondary N) is 1. The van der Waals surface area contributed by atoms with Crippen LogP contribution in [0.15, 0.2) is 12.1 Å². The maximum Gasteiger partial charge on any atom is 0.274 e. The van der Waals surface area contributed by atoms with E-state index in [-0.39, 0.29) is 5.91 Å². The van der Waals surface area contributed by atoms with E-state index in [1.807, 2.05) is 4.90 Å². The van der Waals surface area contributed by atoms with E-state index in [9.17, 15) is 4.79 Å². The second-order valence-corrected chi connectivity index (χ2v) is 5.47. The van der Waals surface area contributed by atoms with Crippen molar-refractivity contribution < 1.29 is 4.79 Å². The van der Waals surface area contributed by atoms with E-state index in [2.05, 4.69) is 29.4 Å². The van der Waals surface area contributed by atoms with Crippen LogP contribution in [0, 0.1) is 5.92 Å². The molecule has 19 heavy (non-hydrogen) atoms. The summed E-state index contributed by atoms with van der Waals surface area (Å²) >= 11 is 0. The van der Waals surface area contributed by atoms with E-state index in [0.717, 1.165) is 25.8 Å². The van der Waals surface area contributed by atoms with Crippen LogP contribution in [0.5, 0.6) is 0 Å². The fourth-order valence-electron chi connectivity index (χ4n) is 1.96. The van der Waals surface area contributed by atoms with E-state index in [0.29, 0.717) is 23.5 Å². The van der Waals surface area contributed by atoms with E-state index in [1.165, 1.54) is 0 Å². The lowest BCUT2D eigenvalue weighted by molar-refractivity contribution is 0.0728. The Balaban J connectivity index is 2.05. The van der Waals surface area contributed by atoms with E-state index in [1.54, 1.807) is 19.2 Å². The first-order valence-electron chi connectivity index (χ1n) is 6.94. The summed E-state index contributed by atoms with van der Waals surface area (Å²) in [7, 11) is 1.78. The van der Waals surface area contributed by atoms with Crippen molar-refractivity contribution in [3.63, 3.8) is 0 Å². The van der Waals surface area contributed by atoms with Crippen molar-refractivity contribution in [2.45, 2.75) is 39.2 Å². The van der Waals surface area contributed by atoms with Crippen LogP contribution in [-0.4, -0.2) is 40.6 Å². The average Bonchev–Trinajstić information content (AvgIpc) is 3.23. The Hall–Kier alpha value is -1.65. The molecule has 0 aromatic carbocycles. The van der Waals surface area contributed by atoms with Crippen LogP contribution >= 0.6 is 0 Å². The number of amides is 1. The predicted octanol–water partition coefficient (Wildman–Crippen LogP) is 2.17. The number of hydrogen-bond donors (Lipinski definition) is 1. The van der Waals surface area contributed by atoms with Crippen molar-refractivity contribution in [1.82, 2.24) is 15.1 Å². The third kappa shape index (κ3) is 3.66. The lowest BCUT2D eigenvalue weighted by atomic mass is 10.1. The van der Waals surface area contributed by atoms with Crippen molar-refractivity contribution in [1.29, 1.82) is 0 Å². The maximum absolute atomic E-state index is 12.4. The second kappa shape index (κ2) is 5.99. The standard InChI is InChI=1S/C14H22N4O/c1-10(2)8-9-18(11-4-5-11)14(19)12-6-7-13(15-3)17-16-12/h6-7,10-11H,4-5,8-9H2,1-3H3,(H,15,17). The first kappa shape index (κ1) is 13.8. The molecule has 0 aliphatic heterocycles. The molecule has 0 atom stereocenters. The molecule has 1 fully saturated rings. The van der Waals surface area contributed by atoms with Crippen molar-refractivity contribution in [3.8, 4) is 0 Å². The Labute approximate surface area is 114 Å². The zero-order valence-electron chi connectivity index (χ0n) is 11.9. The van der Waals surface area contributed by atoms with Gasteiger partial charge in [-0.2, -0.15) is 0 Å². The van der Waals surface area contributed by atoms with Crippen molar-refractivity contribution in [2.75, 3.05) is 18.9 Å². The number of carbonyl (C=O) groups is 1. The molecule has 5 heteroatoms. The summed E-state index contributed by atoms with van der Waals surface area (Å²) in [6.07, 6.45) is 3.27. The first-order chi connectivity index (χ1) is 9.11. The summed E-state index contributed by atoms with van der Waals surface area (Å²) in [5.74, 6) is 1.29. The molecule has 1 saturated carbocycles. The monoisotopic (exact) mass is 262 g/mol. The molecule has 0 unspecified atom stereocenters. The number of hydrogen-bond acceptors (Lipinski definition) is 4. The van der Waals surface area contributed by atoms with Crippen LogP contribution < -0.4 is 5.32 Å². The molecule has 2 rings (SSSR count). The zero-order chi connectivity index (χ0) is 13.8. The van der Waals surface area contributed by atoms with Crippen LogP contribution in [0.25, 0.3) is 0 Å². The molecule has 1 amide bonds. The van der Waals surface area contributed by atoms with Gasteiger partial charge in [-0.1, -0.05) is 13.8 Å². The van der Waals surface area contributed by atoms with Gasteiger partial charge in [0, 0.05) is 19.6 Å². The summed E-state index contributed by atoms with van der Waals surface area (Å²) < 4.78 is 0. The van der Waals surface area contributed by atoms with Gasteiger partial charge in [-0.15, -0.1) is 10.2 Å². The summed E-state index contributed by atoms with van der Waals surface area (Å²) in [4.78, 5) is 14.4. The van der Waals surface area contributed by atoms with Gasteiger partial charge in [0.2, 0.25) is 0 Å². The Bertz CT molecular complexity index is 426. The number of rotatable bonds is 6. The molecule has 1 N–H and O–H groups in total. The first-order valence-corrected chi connectivity index (χ1v) is 6.94. The maximum atomic E-state index is 12.4. The summed E-state index contributed by atoms with van der Waals surface area (Å²) in [5, 5.41) is 10.9. The SMILES string of the molecule is CNc1ccc(C(=O)N(CCC(C)C)C2CC2)nn1. The smallest absolute Gasteiger partial charge is 0.274 e. The van der Waals surface area contributed by atoms with Gasteiger partial charge in [0.25, 0.3) is 5.91 Å². The number of carbonyl (C=O) groups excluding carboxylic acids is 1. The van der Waals surface area contributed by atoms with Crippen molar-refractivity contribution >= 4 is 11.7 Å². The van der Waals surface area contributed by atoms with E-state index in [4.69, 9.17) is 0 Å². The lowest BCUT2D eigenvalue weighted by Crippen LogP contribution is -2.35. The predicted molar refractivity (Wildman–Crippen MR) is 75.1 cm³/mol. The molecule has 1 heterocycles. The minimum Gasteiger partial charge on any atom is -0.372 e. The van der Waals surface area contributed by atoms with Gasteiger partial charge >= 0.3 is 0 Å². The third-order valence-corrected chi connectivity index (χ3v) is 3.34. The molecule has 104 valence electrons. The highest BCUT2D eigenvalue weighted by molar-refractivity contribution is 5.92. The molecule has 1 aliphatic carbocycles. The van der Waals surface area contributed by atoms with E-state index < -0.39 is 0 Å². The Morgan fingerprint density at radius 2 is 2.16 bits per heavy atom. The molecular weight excluding hydrogens is 240 g/mol. The average molecular weight is 262 g/mol. The second-order valence-electron chi connectivity index (χ2n) is 5.47. The highest BCUT2D eigenvalue weighted by Crippen LogP contribution is 2.28. The van der Waals surface area contributed by atoms with Crippen LogP contribution in [0.3, 0.4) is 0 Å². The molecule has 1 aromatic rings. The largest absolute Gasteiger partial charge is 0.372 e. The van der Waals surface area contributed by atoms with Gasteiger partial charge in [0.15, 0.2) is 5.69 Å². The van der Waals surface area contributed by atoms with Gasteiger partial charge in [-0.3, -0.25) is 4.79 Å². The fourth-order valence-corrected chi connectivity index (χ4v) is 1.96. The Morgan fingerprint density at radius 1 is 1.42 bits per heavy atom. The van der Waals surface area contributed by atoms with Crippen LogP contribution in [0.1, 0.15) is 43.6 Å². The molecule has 0 saturated heterocycles. The van der Waals surface area contributed by atoms with Gasteiger partial charge in [-0.05, 0) is 37.3 Å². The molecular formula is C14H22N4O. The minimum atomic E-state index is 0.0123. The van der Waals surface area contributed by atoms with E-state index >= 15 is 0 Å². The molecule has 1 aliphatic rings. The number of anilines is 1. The molecule has 0 bridgehead atoms. The number of nitrogens with zero attached hydrogens (tertiary/aromatic N) is 3. The summed E-state index contributed by atoms with van der Waals surface area (Å²) in [5.41, 5.74) is 0.439. The Morgan fingerprint density at radius 3 is 2.63 bits per heavy atom.